The molecular weight excluding hydrogens is 266 g/mol. The molecule has 0 aliphatic rings. The second-order valence-corrected chi connectivity index (χ2v) is 5.90. The maximum Gasteiger partial charge on any atom is 0.159 e. The van der Waals surface area contributed by atoms with E-state index in [0.717, 1.165) is 11.1 Å². The lowest BCUT2D eigenvalue weighted by Gasteiger charge is -2.26. The summed E-state index contributed by atoms with van der Waals surface area (Å²) >= 11 is 0. The number of aryl methyl sites for hydroxylation is 2. The van der Waals surface area contributed by atoms with E-state index in [-0.39, 0.29) is 5.92 Å². The van der Waals surface area contributed by atoms with Crippen LogP contribution in [-0.2, 0) is 6.42 Å². The highest BCUT2D eigenvalue weighted by molar-refractivity contribution is 5.42. The van der Waals surface area contributed by atoms with Crippen molar-refractivity contribution < 1.29 is 8.78 Å². The molecule has 2 aromatic rings. The second kappa shape index (κ2) is 6.38. The molecule has 0 heterocycles. The van der Waals surface area contributed by atoms with Gasteiger partial charge in [-0.2, -0.15) is 0 Å². The molecule has 1 atom stereocenters. The van der Waals surface area contributed by atoms with Crippen LogP contribution in [0.2, 0.25) is 0 Å². The molecule has 0 aromatic heterocycles. The SMILES string of the molecule is CCc1cc(F)c(F)cc1[C@@H](c1ccccc1C)C(C)C. The van der Waals surface area contributed by atoms with E-state index in [2.05, 4.69) is 32.9 Å². The molecule has 2 heteroatoms. The molecule has 2 rings (SSSR count). The van der Waals surface area contributed by atoms with Gasteiger partial charge in [0.2, 0.25) is 0 Å². The standard InChI is InChI=1S/C19H22F2/c1-5-14-10-17(20)18(21)11-16(14)19(12(2)3)15-9-7-6-8-13(15)4/h6-12,19H,5H2,1-4H3/t19-/m1/s1. The Balaban J connectivity index is 2.64. The molecular formula is C19H22F2. The lowest BCUT2D eigenvalue weighted by Crippen LogP contribution is -2.13. The van der Waals surface area contributed by atoms with Crippen molar-refractivity contribution in [1.82, 2.24) is 0 Å². The first kappa shape index (κ1) is 15.7. The Bertz CT molecular complexity index is 629. The van der Waals surface area contributed by atoms with E-state index in [1.165, 1.54) is 23.3 Å². The van der Waals surface area contributed by atoms with E-state index in [1.54, 1.807) is 0 Å². The van der Waals surface area contributed by atoms with Crippen molar-refractivity contribution in [2.75, 3.05) is 0 Å². The van der Waals surface area contributed by atoms with Gasteiger partial charge in [0, 0.05) is 5.92 Å². The zero-order valence-corrected chi connectivity index (χ0v) is 13.1. The average molecular weight is 288 g/mol. The third kappa shape index (κ3) is 3.15. The number of benzene rings is 2. The van der Waals surface area contributed by atoms with Crippen molar-refractivity contribution in [1.29, 1.82) is 0 Å². The highest BCUT2D eigenvalue weighted by Crippen LogP contribution is 2.36. The molecule has 0 radical (unpaired) electrons. The number of hydrogen-bond acceptors (Lipinski definition) is 0. The van der Waals surface area contributed by atoms with E-state index in [1.807, 2.05) is 19.1 Å². The van der Waals surface area contributed by atoms with Gasteiger partial charge in [-0.3, -0.25) is 0 Å². The van der Waals surface area contributed by atoms with Crippen molar-refractivity contribution >= 4 is 0 Å². The van der Waals surface area contributed by atoms with Crippen LogP contribution >= 0.6 is 0 Å². The molecule has 0 saturated heterocycles. The van der Waals surface area contributed by atoms with Gasteiger partial charge in [0.05, 0.1) is 0 Å². The van der Waals surface area contributed by atoms with Crippen LogP contribution in [0, 0.1) is 24.5 Å². The van der Waals surface area contributed by atoms with Gasteiger partial charge in [-0.15, -0.1) is 0 Å². The van der Waals surface area contributed by atoms with Crippen molar-refractivity contribution in [3.63, 3.8) is 0 Å². The fourth-order valence-electron chi connectivity index (χ4n) is 3.02. The van der Waals surface area contributed by atoms with Crippen LogP contribution in [0.4, 0.5) is 8.78 Å². The largest absolute Gasteiger partial charge is 0.204 e. The minimum Gasteiger partial charge on any atom is -0.204 e. The zero-order chi connectivity index (χ0) is 15.6. The van der Waals surface area contributed by atoms with Crippen LogP contribution in [0.5, 0.6) is 0 Å². The summed E-state index contributed by atoms with van der Waals surface area (Å²) in [7, 11) is 0. The molecule has 2 aromatic carbocycles. The summed E-state index contributed by atoms with van der Waals surface area (Å²) < 4.78 is 27.3. The smallest absolute Gasteiger partial charge is 0.159 e. The fraction of sp³-hybridized carbons (Fsp3) is 0.368. The Morgan fingerprint density at radius 1 is 0.952 bits per heavy atom. The average Bonchev–Trinajstić information content (AvgIpc) is 2.44. The third-order valence-electron chi connectivity index (χ3n) is 4.09. The second-order valence-electron chi connectivity index (χ2n) is 5.90. The Morgan fingerprint density at radius 2 is 1.57 bits per heavy atom. The first-order chi connectivity index (χ1) is 9.95. The zero-order valence-electron chi connectivity index (χ0n) is 13.1. The first-order valence-corrected chi connectivity index (χ1v) is 7.49. The maximum atomic E-state index is 13.8. The van der Waals surface area contributed by atoms with Crippen LogP contribution in [0.3, 0.4) is 0 Å². The van der Waals surface area contributed by atoms with Crippen LogP contribution in [0.25, 0.3) is 0 Å². The minimum atomic E-state index is -0.763. The molecule has 0 N–H and O–H groups in total. The Kier molecular flexibility index (Phi) is 4.76. The lowest BCUT2D eigenvalue weighted by molar-refractivity contribution is 0.497. The molecule has 112 valence electrons. The molecule has 0 unspecified atom stereocenters. The van der Waals surface area contributed by atoms with Gasteiger partial charge < -0.3 is 0 Å². The van der Waals surface area contributed by atoms with Gasteiger partial charge in [-0.25, -0.2) is 8.78 Å². The molecule has 0 fully saturated rings. The van der Waals surface area contributed by atoms with Gasteiger partial charge in [0.1, 0.15) is 0 Å². The van der Waals surface area contributed by atoms with E-state index in [0.29, 0.717) is 12.3 Å². The third-order valence-corrected chi connectivity index (χ3v) is 4.09. The molecule has 0 saturated carbocycles. The van der Waals surface area contributed by atoms with Crippen molar-refractivity contribution in [3.8, 4) is 0 Å². The van der Waals surface area contributed by atoms with Gasteiger partial charge >= 0.3 is 0 Å². The topological polar surface area (TPSA) is 0 Å². The van der Waals surface area contributed by atoms with Gasteiger partial charge in [-0.05, 0) is 53.6 Å². The summed E-state index contributed by atoms with van der Waals surface area (Å²) in [6.07, 6.45) is 0.696. The van der Waals surface area contributed by atoms with Crippen LogP contribution in [0.1, 0.15) is 48.9 Å². The van der Waals surface area contributed by atoms with Crippen LogP contribution in [-0.4, -0.2) is 0 Å². The normalized spacial score (nSPS) is 12.7. The Hall–Kier alpha value is -1.70. The van der Waals surface area contributed by atoms with Crippen molar-refractivity contribution in [2.24, 2.45) is 5.92 Å². The van der Waals surface area contributed by atoms with Crippen LogP contribution < -0.4 is 0 Å². The number of hydrogen-bond donors (Lipinski definition) is 0. The van der Waals surface area contributed by atoms with Gasteiger partial charge in [0.25, 0.3) is 0 Å². The minimum absolute atomic E-state index is 0.0799. The van der Waals surface area contributed by atoms with E-state index in [9.17, 15) is 8.78 Å². The molecule has 0 aliphatic carbocycles. The molecule has 21 heavy (non-hydrogen) atoms. The quantitative estimate of drug-likeness (QED) is 0.684. The van der Waals surface area contributed by atoms with E-state index in [4.69, 9.17) is 0 Å². The lowest BCUT2D eigenvalue weighted by atomic mass is 9.78. The number of rotatable bonds is 4. The summed E-state index contributed by atoms with van der Waals surface area (Å²) in [5, 5.41) is 0. The predicted octanol–water partition coefficient (Wildman–Crippen LogP) is 5.62. The highest BCUT2D eigenvalue weighted by atomic mass is 19.2. The van der Waals surface area contributed by atoms with Gasteiger partial charge in [-0.1, -0.05) is 45.0 Å². The summed E-state index contributed by atoms with van der Waals surface area (Å²) in [4.78, 5) is 0. The van der Waals surface area contributed by atoms with Crippen LogP contribution in [0.15, 0.2) is 36.4 Å². The maximum absolute atomic E-state index is 13.8. The summed E-state index contributed by atoms with van der Waals surface area (Å²) in [6.45, 7) is 8.29. The summed E-state index contributed by atoms with van der Waals surface area (Å²) in [5.74, 6) is -1.14. The molecule has 0 nitrogen and oxygen atoms in total. The summed E-state index contributed by atoms with van der Waals surface area (Å²) in [6, 6.07) is 10.9. The Morgan fingerprint density at radius 3 is 2.14 bits per heavy atom. The van der Waals surface area contributed by atoms with Crippen molar-refractivity contribution in [3.05, 3.63) is 70.3 Å². The summed E-state index contributed by atoms with van der Waals surface area (Å²) in [5.41, 5.74) is 4.16. The van der Waals surface area contributed by atoms with E-state index < -0.39 is 11.6 Å². The predicted molar refractivity (Wildman–Crippen MR) is 83.6 cm³/mol. The van der Waals surface area contributed by atoms with Crippen molar-refractivity contribution in [2.45, 2.75) is 40.0 Å². The molecule has 0 aliphatic heterocycles. The fourth-order valence-corrected chi connectivity index (χ4v) is 3.02. The number of halogens is 2. The van der Waals surface area contributed by atoms with Gasteiger partial charge in [0.15, 0.2) is 11.6 Å². The monoisotopic (exact) mass is 288 g/mol. The molecule has 0 bridgehead atoms. The molecule has 0 spiro atoms. The highest BCUT2D eigenvalue weighted by Gasteiger charge is 2.23. The Labute approximate surface area is 125 Å². The molecule has 0 amide bonds. The van der Waals surface area contributed by atoms with E-state index >= 15 is 0 Å². The first-order valence-electron chi connectivity index (χ1n) is 7.49.